The summed E-state index contributed by atoms with van der Waals surface area (Å²) in [5, 5.41) is 0.570. The molecule has 0 N–H and O–H groups in total. The Morgan fingerprint density at radius 1 is 0.905 bits per heavy atom. The van der Waals surface area contributed by atoms with Crippen LogP contribution in [0, 0.1) is 0 Å². The molecule has 0 radical (unpaired) electrons. The molecule has 0 aliphatic heterocycles. The van der Waals surface area contributed by atoms with Crippen LogP contribution in [-0.4, -0.2) is 12.4 Å². The molecule has 0 saturated carbocycles. The summed E-state index contributed by atoms with van der Waals surface area (Å²) in [6.45, 7) is 0. The summed E-state index contributed by atoms with van der Waals surface area (Å²) < 4.78 is 5.28. The summed E-state index contributed by atoms with van der Waals surface area (Å²) in [6, 6.07) is 19.4. The van der Waals surface area contributed by atoms with Crippen molar-refractivity contribution in [1.29, 1.82) is 0 Å². The largest absolute Gasteiger partial charge is 0.497 e. The molecule has 3 rings (SSSR count). The van der Waals surface area contributed by atoms with Crippen LogP contribution in [0.2, 0.25) is 0 Å². The summed E-state index contributed by atoms with van der Waals surface area (Å²) in [5.41, 5.74) is 0. The van der Waals surface area contributed by atoms with Crippen molar-refractivity contribution in [3.05, 3.63) is 78.9 Å². The zero-order chi connectivity index (χ0) is 14.5. The highest BCUT2D eigenvalue weighted by Gasteiger charge is 2.19. The fourth-order valence-corrected chi connectivity index (χ4v) is 5.25. The summed E-state index contributed by atoms with van der Waals surface area (Å²) in [6.07, 6.45) is 10.1. The number of allylic oxidation sites excluding steroid dienone is 3. The number of methoxy groups -OCH3 is 1. The Balaban J connectivity index is 1.98. The summed E-state index contributed by atoms with van der Waals surface area (Å²) in [7, 11) is 1.33. The van der Waals surface area contributed by atoms with Gasteiger partial charge in [0.15, 0.2) is 0 Å². The fraction of sp³-hybridized carbons (Fsp3) is 0.158. The van der Waals surface area contributed by atoms with Gasteiger partial charge in [0.2, 0.25) is 0 Å². The first-order valence-corrected chi connectivity index (χ1v) is 8.61. The molecule has 0 spiro atoms. The highest BCUT2D eigenvalue weighted by Crippen LogP contribution is 2.50. The molecular formula is C19H20OS. The maximum Gasteiger partial charge on any atom is 0.118 e. The summed E-state index contributed by atoms with van der Waals surface area (Å²) >= 11 is 0. The van der Waals surface area contributed by atoms with Crippen molar-refractivity contribution >= 4 is 10.9 Å². The Kier molecular flexibility index (Phi) is 4.46. The molecule has 1 aliphatic carbocycles. The first-order valence-electron chi connectivity index (χ1n) is 7.20. The van der Waals surface area contributed by atoms with Gasteiger partial charge in [0.1, 0.15) is 5.75 Å². The lowest BCUT2D eigenvalue weighted by molar-refractivity contribution is 0.414. The SMILES string of the molecule is COc1ccc([SH](c2ccccc2)C2C=CC=CC2)cc1. The predicted molar refractivity (Wildman–Crippen MR) is 91.6 cm³/mol. The average molecular weight is 296 g/mol. The van der Waals surface area contributed by atoms with Crippen molar-refractivity contribution < 1.29 is 4.74 Å². The number of hydrogen-bond acceptors (Lipinski definition) is 1. The maximum atomic E-state index is 5.28. The van der Waals surface area contributed by atoms with Gasteiger partial charge in [0.05, 0.1) is 7.11 Å². The van der Waals surface area contributed by atoms with Gasteiger partial charge in [0.25, 0.3) is 0 Å². The monoisotopic (exact) mass is 296 g/mol. The minimum absolute atomic E-state index is 0.380. The van der Waals surface area contributed by atoms with Gasteiger partial charge in [-0.1, -0.05) is 42.5 Å². The second kappa shape index (κ2) is 6.68. The molecule has 21 heavy (non-hydrogen) atoms. The molecule has 2 aromatic rings. The van der Waals surface area contributed by atoms with Crippen LogP contribution in [-0.2, 0) is 0 Å². The number of ether oxygens (including phenoxy) is 1. The fourth-order valence-electron chi connectivity index (χ4n) is 2.62. The quantitative estimate of drug-likeness (QED) is 0.781. The van der Waals surface area contributed by atoms with E-state index < -0.39 is 0 Å². The third kappa shape index (κ3) is 3.22. The van der Waals surface area contributed by atoms with Crippen molar-refractivity contribution in [1.82, 2.24) is 0 Å². The van der Waals surface area contributed by atoms with E-state index in [1.807, 2.05) is 0 Å². The van der Waals surface area contributed by atoms with Crippen LogP contribution < -0.4 is 4.74 Å². The van der Waals surface area contributed by atoms with Gasteiger partial charge < -0.3 is 4.74 Å². The van der Waals surface area contributed by atoms with Crippen LogP contribution in [0.25, 0.3) is 0 Å². The normalized spacial score (nSPS) is 19.3. The van der Waals surface area contributed by atoms with Gasteiger partial charge in [-0.05, 0) is 52.6 Å². The van der Waals surface area contributed by atoms with E-state index in [9.17, 15) is 0 Å². The average Bonchev–Trinajstić information content (AvgIpc) is 2.58. The van der Waals surface area contributed by atoms with Crippen LogP contribution in [0.1, 0.15) is 6.42 Å². The summed E-state index contributed by atoms with van der Waals surface area (Å²) in [5.74, 6) is 0.917. The molecule has 0 amide bonds. The smallest absolute Gasteiger partial charge is 0.118 e. The lowest BCUT2D eigenvalue weighted by Gasteiger charge is -2.30. The predicted octanol–water partition coefficient (Wildman–Crippen LogP) is 5.00. The van der Waals surface area contributed by atoms with Crippen molar-refractivity contribution in [3.63, 3.8) is 0 Å². The molecule has 0 bridgehead atoms. The van der Waals surface area contributed by atoms with Crippen molar-refractivity contribution in [3.8, 4) is 5.75 Å². The highest BCUT2D eigenvalue weighted by atomic mass is 32.2. The third-order valence-electron chi connectivity index (χ3n) is 3.67. The van der Waals surface area contributed by atoms with Gasteiger partial charge >= 0.3 is 0 Å². The van der Waals surface area contributed by atoms with E-state index in [1.165, 1.54) is 9.79 Å². The Morgan fingerprint density at radius 2 is 1.62 bits per heavy atom. The Morgan fingerprint density at radius 3 is 2.24 bits per heavy atom. The lowest BCUT2D eigenvalue weighted by Crippen LogP contribution is -2.07. The second-order valence-corrected chi connectivity index (χ2v) is 7.46. The summed E-state index contributed by atoms with van der Waals surface area (Å²) in [4.78, 5) is 2.84. The molecule has 1 nitrogen and oxygen atoms in total. The van der Waals surface area contributed by atoms with Crippen molar-refractivity contribution in [2.75, 3.05) is 7.11 Å². The van der Waals surface area contributed by atoms with Gasteiger partial charge in [-0.25, -0.2) is 0 Å². The van der Waals surface area contributed by atoms with Gasteiger partial charge in [0, 0.05) is 5.25 Å². The highest BCUT2D eigenvalue weighted by molar-refractivity contribution is 8.17. The minimum Gasteiger partial charge on any atom is -0.497 e. The van der Waals surface area contributed by atoms with Crippen LogP contribution in [0.15, 0.2) is 88.7 Å². The molecule has 2 heteroatoms. The first kappa shape index (κ1) is 14.0. The van der Waals surface area contributed by atoms with Crippen LogP contribution in [0.3, 0.4) is 0 Å². The zero-order valence-electron chi connectivity index (χ0n) is 12.1. The molecule has 2 atom stereocenters. The standard InChI is InChI=1S/C19H20OS/c1-20-16-12-14-19(15-13-16)21(17-8-4-2-5-9-17)18-10-6-3-7-11-18/h2-10,12-15,18,21H,11H2,1H3. The third-order valence-corrected chi connectivity index (χ3v) is 6.43. The topological polar surface area (TPSA) is 9.23 Å². The maximum absolute atomic E-state index is 5.28. The van der Waals surface area contributed by atoms with Crippen molar-refractivity contribution in [2.45, 2.75) is 21.5 Å². The van der Waals surface area contributed by atoms with Crippen LogP contribution in [0.4, 0.5) is 0 Å². The number of rotatable bonds is 4. The van der Waals surface area contributed by atoms with E-state index in [4.69, 9.17) is 4.74 Å². The Bertz CT molecular complexity index is 628. The molecule has 2 aromatic carbocycles. The van der Waals surface area contributed by atoms with E-state index in [0.29, 0.717) is 5.25 Å². The van der Waals surface area contributed by atoms with E-state index in [2.05, 4.69) is 78.9 Å². The number of benzene rings is 2. The number of thiol groups is 1. The van der Waals surface area contributed by atoms with E-state index in [1.54, 1.807) is 7.11 Å². The second-order valence-electron chi connectivity index (χ2n) is 5.02. The lowest BCUT2D eigenvalue weighted by atomic mass is 10.2. The van der Waals surface area contributed by atoms with E-state index in [0.717, 1.165) is 12.2 Å². The first-order chi connectivity index (χ1) is 10.4. The van der Waals surface area contributed by atoms with E-state index >= 15 is 0 Å². The molecular weight excluding hydrogens is 276 g/mol. The Hall–Kier alpha value is -1.93. The molecule has 1 aliphatic rings. The molecule has 108 valence electrons. The minimum atomic E-state index is -0.380. The molecule has 0 saturated heterocycles. The molecule has 0 fully saturated rings. The van der Waals surface area contributed by atoms with Gasteiger partial charge in [-0.2, -0.15) is 10.9 Å². The number of hydrogen-bond donors (Lipinski definition) is 1. The molecule has 2 unspecified atom stereocenters. The van der Waals surface area contributed by atoms with Crippen molar-refractivity contribution in [2.24, 2.45) is 0 Å². The van der Waals surface area contributed by atoms with Gasteiger partial charge in [-0.3, -0.25) is 0 Å². The van der Waals surface area contributed by atoms with E-state index in [-0.39, 0.29) is 10.9 Å². The zero-order valence-corrected chi connectivity index (χ0v) is 13.0. The molecule has 0 heterocycles. The molecule has 0 aromatic heterocycles. The Labute approximate surface area is 129 Å². The van der Waals surface area contributed by atoms with Crippen LogP contribution in [0.5, 0.6) is 5.75 Å². The van der Waals surface area contributed by atoms with Crippen LogP contribution >= 0.6 is 10.9 Å². The van der Waals surface area contributed by atoms with Gasteiger partial charge in [-0.15, -0.1) is 0 Å².